The largest absolute Gasteiger partial charge is 0.340 e. The lowest BCUT2D eigenvalue weighted by atomic mass is 10.1. The van der Waals surface area contributed by atoms with Gasteiger partial charge in [0.25, 0.3) is 0 Å². The van der Waals surface area contributed by atoms with Crippen LogP contribution in [0, 0.1) is 0 Å². The molecule has 1 rings (SSSR count). The summed E-state index contributed by atoms with van der Waals surface area (Å²) in [6.45, 7) is 3.65. The topological polar surface area (TPSA) is 46.3 Å². The second-order valence-electron chi connectivity index (χ2n) is 3.63. The van der Waals surface area contributed by atoms with Crippen LogP contribution in [0.1, 0.15) is 13.3 Å². The summed E-state index contributed by atoms with van der Waals surface area (Å²) < 4.78 is 0. The Labute approximate surface area is 107 Å². The molecule has 2 atom stereocenters. The van der Waals surface area contributed by atoms with Crippen molar-refractivity contribution in [2.45, 2.75) is 24.6 Å². The minimum atomic E-state index is -0.370. The molecule has 0 bridgehead atoms. The van der Waals surface area contributed by atoms with E-state index in [1.807, 2.05) is 23.6 Å². The average Bonchev–Trinajstić information content (AvgIpc) is 2.17. The first-order valence-corrected chi connectivity index (χ1v) is 6.58. The third-order valence-electron chi connectivity index (χ3n) is 2.24. The van der Waals surface area contributed by atoms with Crippen molar-refractivity contribution >= 4 is 42.7 Å². The van der Waals surface area contributed by atoms with Gasteiger partial charge in [-0.05, 0) is 6.42 Å². The van der Waals surface area contributed by atoms with Crippen molar-refractivity contribution in [1.82, 2.24) is 4.90 Å². The number of thiol groups is 1. The van der Waals surface area contributed by atoms with Gasteiger partial charge in [-0.15, -0.1) is 12.4 Å². The van der Waals surface area contributed by atoms with Gasteiger partial charge in [-0.1, -0.05) is 6.92 Å². The summed E-state index contributed by atoms with van der Waals surface area (Å²) in [6, 6.07) is -0.370. The van der Waals surface area contributed by atoms with Crippen molar-refractivity contribution in [3.63, 3.8) is 0 Å². The molecule has 1 aliphatic rings. The van der Waals surface area contributed by atoms with Crippen molar-refractivity contribution in [2.24, 2.45) is 5.73 Å². The highest BCUT2D eigenvalue weighted by atomic mass is 35.5. The summed E-state index contributed by atoms with van der Waals surface area (Å²) in [5.41, 5.74) is 5.80. The Hall–Kier alpha value is 0.420. The number of carbonyl (C=O) groups is 1. The number of amides is 1. The fourth-order valence-electron chi connectivity index (χ4n) is 1.49. The molecular formula is C9H19ClN2OS2. The van der Waals surface area contributed by atoms with Gasteiger partial charge in [0.05, 0.1) is 6.04 Å². The number of hydrogen-bond acceptors (Lipinski definition) is 4. The van der Waals surface area contributed by atoms with Crippen molar-refractivity contribution < 1.29 is 4.79 Å². The van der Waals surface area contributed by atoms with Crippen LogP contribution in [0.25, 0.3) is 0 Å². The monoisotopic (exact) mass is 270 g/mol. The lowest BCUT2D eigenvalue weighted by Crippen LogP contribution is -2.47. The highest BCUT2D eigenvalue weighted by Gasteiger charge is 2.23. The second kappa shape index (κ2) is 7.65. The maximum atomic E-state index is 11.8. The molecule has 2 unspecified atom stereocenters. The van der Waals surface area contributed by atoms with Gasteiger partial charge < -0.3 is 10.6 Å². The molecule has 1 saturated heterocycles. The standard InChI is InChI=1S/C9H18N2OS2.ClH/c1-7(13)6-8(10)9(12)11-2-4-14-5-3-11;/h7-8,13H,2-6,10H2,1H3;1H. The zero-order chi connectivity index (χ0) is 10.6. The van der Waals surface area contributed by atoms with Crippen LogP contribution in [0.5, 0.6) is 0 Å². The van der Waals surface area contributed by atoms with Gasteiger partial charge in [0.15, 0.2) is 0 Å². The molecule has 3 nitrogen and oxygen atoms in total. The van der Waals surface area contributed by atoms with Crippen LogP contribution in [0.15, 0.2) is 0 Å². The molecule has 6 heteroatoms. The quantitative estimate of drug-likeness (QED) is 0.753. The summed E-state index contributed by atoms with van der Waals surface area (Å²) in [6.07, 6.45) is 0.658. The molecule has 0 radical (unpaired) electrons. The molecule has 0 saturated carbocycles. The Morgan fingerprint density at radius 2 is 2.07 bits per heavy atom. The van der Waals surface area contributed by atoms with E-state index in [1.54, 1.807) is 0 Å². The van der Waals surface area contributed by atoms with Crippen LogP contribution in [0.4, 0.5) is 0 Å². The van der Waals surface area contributed by atoms with Gasteiger partial charge in [-0.3, -0.25) is 4.79 Å². The summed E-state index contributed by atoms with van der Waals surface area (Å²) in [5, 5.41) is 0.188. The second-order valence-corrected chi connectivity index (χ2v) is 5.74. The molecule has 90 valence electrons. The molecule has 1 fully saturated rings. The number of hydrogen-bond donors (Lipinski definition) is 2. The Bertz CT molecular complexity index is 199. The van der Waals surface area contributed by atoms with Gasteiger partial charge in [0.1, 0.15) is 0 Å². The summed E-state index contributed by atoms with van der Waals surface area (Å²) in [7, 11) is 0. The first-order chi connectivity index (χ1) is 6.61. The Morgan fingerprint density at radius 3 is 2.53 bits per heavy atom. The zero-order valence-electron chi connectivity index (χ0n) is 8.89. The smallest absolute Gasteiger partial charge is 0.239 e. The summed E-state index contributed by atoms with van der Waals surface area (Å²) >= 11 is 6.13. The van der Waals surface area contributed by atoms with E-state index < -0.39 is 0 Å². The highest BCUT2D eigenvalue weighted by Crippen LogP contribution is 2.12. The van der Waals surface area contributed by atoms with Crippen LogP contribution >= 0.6 is 36.8 Å². The Balaban J connectivity index is 0.00000196. The average molecular weight is 271 g/mol. The van der Waals surface area contributed by atoms with Crippen molar-refractivity contribution in [1.29, 1.82) is 0 Å². The molecule has 1 aliphatic heterocycles. The van der Waals surface area contributed by atoms with Crippen molar-refractivity contribution in [3.05, 3.63) is 0 Å². The van der Waals surface area contributed by atoms with Gasteiger partial charge in [-0.2, -0.15) is 24.4 Å². The van der Waals surface area contributed by atoms with E-state index in [0.29, 0.717) is 6.42 Å². The SMILES string of the molecule is CC(S)CC(N)C(=O)N1CCSCC1.Cl. The molecule has 2 N–H and O–H groups in total. The van der Waals surface area contributed by atoms with E-state index in [-0.39, 0.29) is 29.6 Å². The van der Waals surface area contributed by atoms with Gasteiger partial charge in [0, 0.05) is 29.8 Å². The molecule has 0 aromatic rings. The van der Waals surface area contributed by atoms with Crippen LogP contribution in [0.3, 0.4) is 0 Å². The van der Waals surface area contributed by atoms with E-state index in [1.165, 1.54) is 0 Å². The zero-order valence-corrected chi connectivity index (χ0v) is 11.4. The molecule has 15 heavy (non-hydrogen) atoms. The van der Waals surface area contributed by atoms with Crippen molar-refractivity contribution in [3.8, 4) is 0 Å². The number of carbonyl (C=O) groups excluding carboxylic acids is 1. The highest BCUT2D eigenvalue weighted by molar-refractivity contribution is 7.99. The molecule has 1 amide bonds. The van der Waals surface area contributed by atoms with E-state index in [0.717, 1.165) is 24.6 Å². The first kappa shape index (κ1) is 15.4. The molecule has 0 spiro atoms. The molecular weight excluding hydrogens is 252 g/mol. The van der Waals surface area contributed by atoms with Crippen LogP contribution in [-0.2, 0) is 4.79 Å². The van der Waals surface area contributed by atoms with E-state index in [2.05, 4.69) is 12.6 Å². The third kappa shape index (κ3) is 5.33. The van der Waals surface area contributed by atoms with Crippen LogP contribution < -0.4 is 5.73 Å². The number of nitrogens with zero attached hydrogens (tertiary/aromatic N) is 1. The lowest BCUT2D eigenvalue weighted by molar-refractivity contribution is -0.132. The normalized spacial score (nSPS) is 20.3. The lowest BCUT2D eigenvalue weighted by Gasteiger charge is -2.29. The summed E-state index contributed by atoms with van der Waals surface area (Å²) in [4.78, 5) is 13.7. The first-order valence-electron chi connectivity index (χ1n) is 4.91. The van der Waals surface area contributed by atoms with Crippen LogP contribution in [-0.4, -0.2) is 46.7 Å². The fraction of sp³-hybridized carbons (Fsp3) is 0.889. The Kier molecular flexibility index (Phi) is 7.87. The number of halogens is 1. The number of nitrogens with two attached hydrogens (primary N) is 1. The minimum Gasteiger partial charge on any atom is -0.340 e. The third-order valence-corrected chi connectivity index (χ3v) is 3.39. The number of thioether (sulfide) groups is 1. The van der Waals surface area contributed by atoms with Gasteiger partial charge in [-0.25, -0.2) is 0 Å². The fourth-order valence-corrected chi connectivity index (χ4v) is 2.62. The molecule has 0 aliphatic carbocycles. The van der Waals surface area contributed by atoms with E-state index in [9.17, 15) is 4.79 Å². The maximum absolute atomic E-state index is 11.8. The van der Waals surface area contributed by atoms with Gasteiger partial charge >= 0.3 is 0 Å². The van der Waals surface area contributed by atoms with Crippen molar-refractivity contribution in [2.75, 3.05) is 24.6 Å². The molecule has 1 heterocycles. The van der Waals surface area contributed by atoms with E-state index in [4.69, 9.17) is 5.73 Å². The minimum absolute atomic E-state index is 0. The maximum Gasteiger partial charge on any atom is 0.239 e. The molecule has 0 aromatic carbocycles. The predicted octanol–water partition coefficient (Wildman–Crippen LogP) is 1.02. The number of rotatable bonds is 3. The Morgan fingerprint density at radius 1 is 1.53 bits per heavy atom. The van der Waals surface area contributed by atoms with E-state index >= 15 is 0 Å². The summed E-state index contributed by atoms with van der Waals surface area (Å²) in [5.74, 6) is 2.16. The van der Waals surface area contributed by atoms with Crippen LogP contribution in [0.2, 0.25) is 0 Å². The molecule has 0 aromatic heterocycles. The van der Waals surface area contributed by atoms with Gasteiger partial charge in [0.2, 0.25) is 5.91 Å². The predicted molar refractivity (Wildman–Crippen MR) is 72.2 cm³/mol.